The van der Waals surface area contributed by atoms with Gasteiger partial charge in [-0.1, -0.05) is 11.6 Å². The molecule has 2 atom stereocenters. The molecule has 30 heavy (non-hydrogen) atoms. The Balaban J connectivity index is 1.52. The Morgan fingerprint density at radius 3 is 2.93 bits per heavy atom. The third-order valence-corrected chi connectivity index (χ3v) is 5.21. The van der Waals surface area contributed by atoms with Crippen LogP contribution in [0, 0.1) is 5.82 Å². The van der Waals surface area contributed by atoms with Gasteiger partial charge in [-0.25, -0.2) is 19.3 Å². The summed E-state index contributed by atoms with van der Waals surface area (Å²) in [6.45, 7) is 0.404. The average Bonchev–Trinajstić information content (AvgIpc) is 2.86. The van der Waals surface area contributed by atoms with Crippen molar-refractivity contribution in [1.82, 2.24) is 20.3 Å². The maximum atomic E-state index is 13.5. The Morgan fingerprint density at radius 2 is 2.17 bits per heavy atom. The topological polar surface area (TPSA) is 107 Å². The zero-order chi connectivity index (χ0) is 21.3. The van der Waals surface area contributed by atoms with E-state index >= 15 is 0 Å². The minimum Gasteiger partial charge on any atom is -0.487 e. The Morgan fingerprint density at radius 1 is 1.33 bits per heavy atom. The van der Waals surface area contributed by atoms with E-state index in [2.05, 4.69) is 20.3 Å². The molecule has 1 fully saturated rings. The molecule has 4 rings (SSSR count). The first-order valence-corrected chi connectivity index (χ1v) is 9.82. The highest BCUT2D eigenvalue weighted by Gasteiger charge is 2.33. The molecular weight excluding hydrogens is 417 g/mol. The molecule has 0 aromatic carbocycles. The number of pyridine rings is 1. The van der Waals surface area contributed by atoms with E-state index in [1.807, 2.05) is 0 Å². The van der Waals surface area contributed by atoms with Gasteiger partial charge in [-0.2, -0.15) is 0 Å². The van der Waals surface area contributed by atoms with Crippen LogP contribution in [-0.4, -0.2) is 53.1 Å². The number of carbonyl (C=O) groups is 2. The summed E-state index contributed by atoms with van der Waals surface area (Å²) >= 11 is 6.20. The number of hydrogen-bond acceptors (Lipinski definition) is 7. The smallest absolute Gasteiger partial charge is 0.289 e. The summed E-state index contributed by atoms with van der Waals surface area (Å²) in [7, 11) is 1.47. The molecule has 0 aliphatic carbocycles. The van der Waals surface area contributed by atoms with Gasteiger partial charge in [0.05, 0.1) is 23.1 Å². The molecule has 9 nitrogen and oxygen atoms in total. The number of rotatable bonds is 3. The van der Waals surface area contributed by atoms with Crippen LogP contribution in [0.3, 0.4) is 0 Å². The average molecular weight is 436 g/mol. The van der Waals surface area contributed by atoms with Crippen LogP contribution in [-0.2, 0) is 9.53 Å². The lowest BCUT2D eigenvalue weighted by molar-refractivity contribution is -0.120. The van der Waals surface area contributed by atoms with Crippen LogP contribution in [0.1, 0.15) is 41.7 Å². The maximum Gasteiger partial charge on any atom is 0.289 e. The first-order valence-electron chi connectivity index (χ1n) is 9.45. The fraction of sp³-hybridized carbons (Fsp3) is 0.421. The number of fused-ring (bicyclic) bond motifs is 1. The zero-order valence-electron chi connectivity index (χ0n) is 16.1. The third-order valence-electron chi connectivity index (χ3n) is 4.92. The quantitative estimate of drug-likeness (QED) is 0.786. The van der Waals surface area contributed by atoms with Crippen molar-refractivity contribution < 1.29 is 23.5 Å². The lowest BCUT2D eigenvalue weighted by atomic mass is 10.1. The lowest BCUT2D eigenvalue weighted by Crippen LogP contribution is -2.49. The largest absolute Gasteiger partial charge is 0.487 e. The summed E-state index contributed by atoms with van der Waals surface area (Å²) in [6.07, 6.45) is 4.72. The van der Waals surface area contributed by atoms with Crippen LogP contribution in [0.5, 0.6) is 5.75 Å². The molecule has 2 aromatic heterocycles. The van der Waals surface area contributed by atoms with Gasteiger partial charge in [0, 0.05) is 19.7 Å². The molecule has 0 bridgehead atoms. The van der Waals surface area contributed by atoms with Crippen molar-refractivity contribution in [3.63, 3.8) is 0 Å². The minimum absolute atomic E-state index is 0.113. The van der Waals surface area contributed by atoms with Crippen molar-refractivity contribution in [1.29, 1.82) is 0 Å². The standard InChI is InChI=1S/C19H19ClFN5O4/c1-26-17-14(6-10(21)7-23-17)30-9-12(19(26)28)24-18(27)16-22-8-11(20)15(25-16)13-4-2-3-5-29-13/h6-8,12-13H,2-5,9H2,1H3,(H,24,27). The number of likely N-dealkylation sites (N-methyl/N-ethyl adjacent to an activating group) is 1. The van der Waals surface area contributed by atoms with Gasteiger partial charge in [0.1, 0.15) is 24.6 Å². The summed E-state index contributed by atoms with van der Waals surface area (Å²) < 4.78 is 24.6. The molecule has 1 N–H and O–H groups in total. The molecule has 2 amide bonds. The SMILES string of the molecule is CN1C(=O)C(NC(=O)c2ncc(Cl)c(C3CCCCO3)n2)COc2cc(F)cnc21. The Kier molecular flexibility index (Phi) is 5.78. The van der Waals surface area contributed by atoms with E-state index in [1.54, 1.807) is 0 Å². The van der Waals surface area contributed by atoms with E-state index in [4.69, 9.17) is 21.1 Å². The minimum atomic E-state index is -1.03. The van der Waals surface area contributed by atoms with Crippen LogP contribution in [0.15, 0.2) is 18.5 Å². The summed E-state index contributed by atoms with van der Waals surface area (Å²) in [5.74, 6) is -1.58. The molecular formula is C19H19ClFN5O4. The molecule has 2 unspecified atom stereocenters. The molecule has 0 saturated carbocycles. The predicted octanol–water partition coefficient (Wildman–Crippen LogP) is 2.06. The molecule has 1 saturated heterocycles. The zero-order valence-corrected chi connectivity index (χ0v) is 16.9. The second-order valence-corrected chi connectivity index (χ2v) is 7.40. The molecule has 4 heterocycles. The highest BCUT2D eigenvalue weighted by atomic mass is 35.5. The van der Waals surface area contributed by atoms with E-state index < -0.39 is 23.7 Å². The highest BCUT2D eigenvalue weighted by Crippen LogP contribution is 2.31. The Hall–Kier alpha value is -2.85. The first-order chi connectivity index (χ1) is 14.4. The lowest BCUT2D eigenvalue weighted by Gasteiger charge is -2.23. The molecule has 11 heteroatoms. The summed E-state index contributed by atoms with van der Waals surface area (Å²) in [6, 6.07) is 0.100. The van der Waals surface area contributed by atoms with Crippen molar-refractivity contribution in [3.05, 3.63) is 40.8 Å². The van der Waals surface area contributed by atoms with Crippen molar-refractivity contribution in [2.75, 3.05) is 25.2 Å². The normalized spacial score (nSPS) is 21.4. The number of hydrogen-bond donors (Lipinski definition) is 1. The van der Waals surface area contributed by atoms with E-state index in [-0.39, 0.29) is 30.1 Å². The van der Waals surface area contributed by atoms with Gasteiger partial charge < -0.3 is 14.8 Å². The van der Waals surface area contributed by atoms with Gasteiger partial charge in [0.25, 0.3) is 11.8 Å². The van der Waals surface area contributed by atoms with Crippen molar-refractivity contribution >= 4 is 29.2 Å². The summed E-state index contributed by atoms with van der Waals surface area (Å²) in [5, 5.41) is 2.88. The number of ether oxygens (including phenoxy) is 2. The molecule has 158 valence electrons. The summed E-state index contributed by atoms with van der Waals surface area (Å²) in [4.78, 5) is 38.8. The third kappa shape index (κ3) is 4.05. The van der Waals surface area contributed by atoms with E-state index in [9.17, 15) is 14.0 Å². The van der Waals surface area contributed by atoms with Gasteiger partial charge in [0.15, 0.2) is 11.6 Å². The van der Waals surface area contributed by atoms with Gasteiger partial charge in [-0.3, -0.25) is 14.5 Å². The van der Waals surface area contributed by atoms with E-state index in [1.165, 1.54) is 18.1 Å². The Bertz CT molecular complexity index is 985. The van der Waals surface area contributed by atoms with Crippen molar-refractivity contribution in [2.24, 2.45) is 0 Å². The number of nitrogens with zero attached hydrogens (tertiary/aromatic N) is 4. The first kappa shape index (κ1) is 20.4. The molecule has 0 radical (unpaired) electrons. The number of nitrogens with one attached hydrogen (secondary N) is 1. The van der Waals surface area contributed by atoms with Gasteiger partial charge in [0.2, 0.25) is 5.82 Å². The fourth-order valence-corrected chi connectivity index (χ4v) is 3.56. The second kappa shape index (κ2) is 8.49. The van der Waals surface area contributed by atoms with Crippen LogP contribution in [0.2, 0.25) is 5.02 Å². The van der Waals surface area contributed by atoms with E-state index in [0.29, 0.717) is 17.3 Å². The van der Waals surface area contributed by atoms with Crippen LogP contribution in [0.4, 0.5) is 10.2 Å². The molecule has 0 spiro atoms. The van der Waals surface area contributed by atoms with Gasteiger partial charge in [-0.05, 0) is 19.3 Å². The highest BCUT2D eigenvalue weighted by molar-refractivity contribution is 6.31. The van der Waals surface area contributed by atoms with Crippen LogP contribution in [0.25, 0.3) is 0 Å². The maximum absolute atomic E-state index is 13.5. The van der Waals surface area contributed by atoms with Crippen molar-refractivity contribution in [3.8, 4) is 5.75 Å². The van der Waals surface area contributed by atoms with Crippen LogP contribution >= 0.6 is 11.6 Å². The number of halogens is 2. The molecule has 2 aliphatic rings. The molecule has 2 aromatic rings. The van der Waals surface area contributed by atoms with E-state index in [0.717, 1.165) is 31.5 Å². The second-order valence-electron chi connectivity index (χ2n) is 6.99. The number of anilines is 1. The van der Waals surface area contributed by atoms with Gasteiger partial charge in [-0.15, -0.1) is 0 Å². The number of carbonyl (C=O) groups excluding carboxylic acids is 2. The number of aromatic nitrogens is 3. The Labute approximate surface area is 176 Å². The fourth-order valence-electron chi connectivity index (χ4n) is 3.35. The monoisotopic (exact) mass is 435 g/mol. The van der Waals surface area contributed by atoms with Crippen molar-refractivity contribution in [2.45, 2.75) is 31.4 Å². The predicted molar refractivity (Wildman–Crippen MR) is 104 cm³/mol. The van der Waals surface area contributed by atoms with Gasteiger partial charge >= 0.3 is 0 Å². The summed E-state index contributed by atoms with van der Waals surface area (Å²) in [5.41, 5.74) is 0.448. The van der Waals surface area contributed by atoms with Crippen LogP contribution < -0.4 is 15.0 Å². The number of amides is 2. The molecule has 2 aliphatic heterocycles.